The number of ether oxygens (including phenoxy) is 1. The minimum absolute atomic E-state index is 0.702. The van der Waals surface area contributed by atoms with E-state index >= 15 is 0 Å². The van der Waals surface area contributed by atoms with Gasteiger partial charge in [-0.05, 0) is 37.0 Å². The topological polar surface area (TPSA) is 31.0 Å². The predicted octanol–water partition coefficient (Wildman–Crippen LogP) is 3.65. The van der Waals surface area contributed by atoms with Crippen LogP contribution in [0, 0.1) is 0 Å². The molecule has 1 aromatic carbocycles. The molecule has 0 aromatic heterocycles. The molecule has 0 bridgehead atoms. The van der Waals surface area contributed by atoms with Crippen molar-refractivity contribution in [3.63, 3.8) is 0 Å². The van der Waals surface area contributed by atoms with E-state index in [0.29, 0.717) is 6.04 Å². The lowest BCUT2D eigenvalue weighted by atomic mass is 9.95. The van der Waals surface area contributed by atoms with Crippen molar-refractivity contribution >= 4 is 0 Å². The van der Waals surface area contributed by atoms with Crippen molar-refractivity contribution in [1.29, 1.82) is 0 Å². The summed E-state index contributed by atoms with van der Waals surface area (Å²) in [5.74, 6) is 0. The van der Waals surface area contributed by atoms with Crippen molar-refractivity contribution in [1.82, 2.24) is 20.2 Å². The second kappa shape index (κ2) is 9.13. The van der Waals surface area contributed by atoms with Crippen LogP contribution >= 0.6 is 0 Å². The van der Waals surface area contributed by atoms with Gasteiger partial charge in [-0.15, -0.1) is 0 Å². The molecule has 30 heavy (non-hydrogen) atoms. The molecule has 5 nitrogen and oxygen atoms in total. The number of fused-ring (bicyclic) bond motifs is 1. The van der Waals surface area contributed by atoms with Crippen LogP contribution in [0.3, 0.4) is 0 Å². The summed E-state index contributed by atoms with van der Waals surface area (Å²) in [5.41, 5.74) is 10.9. The first kappa shape index (κ1) is 20.1. The summed E-state index contributed by atoms with van der Waals surface area (Å²) < 4.78 is 5.52. The Morgan fingerprint density at radius 2 is 1.73 bits per heavy atom. The summed E-state index contributed by atoms with van der Waals surface area (Å²) in [6.45, 7) is 10.2. The molecule has 1 N–H and O–H groups in total. The van der Waals surface area contributed by atoms with E-state index < -0.39 is 0 Å². The van der Waals surface area contributed by atoms with Gasteiger partial charge in [-0.2, -0.15) is 0 Å². The smallest absolute Gasteiger partial charge is 0.0594 e. The second-order valence-corrected chi connectivity index (χ2v) is 9.25. The Morgan fingerprint density at radius 1 is 1.00 bits per heavy atom. The van der Waals surface area contributed by atoms with E-state index in [0.717, 1.165) is 52.5 Å². The number of hydrazine groups is 1. The third-order valence-corrected chi connectivity index (χ3v) is 7.34. The zero-order valence-electron chi connectivity index (χ0n) is 18.4. The van der Waals surface area contributed by atoms with Gasteiger partial charge in [0.2, 0.25) is 0 Å². The summed E-state index contributed by atoms with van der Waals surface area (Å²) in [7, 11) is 0. The number of nitrogens with one attached hydrogen (secondary N) is 1. The number of benzene rings is 1. The van der Waals surface area contributed by atoms with E-state index in [1.807, 2.05) is 0 Å². The molecule has 5 heteroatoms. The van der Waals surface area contributed by atoms with Crippen molar-refractivity contribution in [3.8, 4) is 0 Å². The van der Waals surface area contributed by atoms with Gasteiger partial charge in [0, 0.05) is 56.6 Å². The standard InChI is InChI=1S/C25H36N4O/c1-20-24-19-29(23-9-3-2-4-10-23)26-25(24)11-12-28(20)18-22-8-6-5-7-21(22)17-27-13-15-30-16-14-27/h5-8,11,23,26H,2-4,9-10,12-19H2,1H3. The maximum atomic E-state index is 5.52. The molecule has 1 aromatic rings. The van der Waals surface area contributed by atoms with Crippen LogP contribution in [0.2, 0.25) is 0 Å². The van der Waals surface area contributed by atoms with Crippen LogP contribution in [-0.2, 0) is 17.8 Å². The molecule has 3 aliphatic heterocycles. The van der Waals surface area contributed by atoms with E-state index in [1.54, 1.807) is 0 Å². The molecule has 162 valence electrons. The van der Waals surface area contributed by atoms with Gasteiger partial charge in [0.15, 0.2) is 0 Å². The van der Waals surface area contributed by atoms with E-state index in [2.05, 4.69) is 57.5 Å². The number of rotatable bonds is 5. The Bertz CT molecular complexity index is 805. The molecule has 1 aliphatic carbocycles. The van der Waals surface area contributed by atoms with Crippen molar-refractivity contribution in [2.45, 2.75) is 58.2 Å². The minimum Gasteiger partial charge on any atom is -0.379 e. The molecule has 0 atom stereocenters. The lowest BCUT2D eigenvalue weighted by Gasteiger charge is -2.31. The maximum Gasteiger partial charge on any atom is 0.0594 e. The van der Waals surface area contributed by atoms with E-state index in [9.17, 15) is 0 Å². The molecule has 3 heterocycles. The molecule has 0 amide bonds. The SMILES string of the molecule is CC1=C2CN(C3CCCCC3)NC2=CCN1Cc1ccccc1CN1CCOCC1. The van der Waals surface area contributed by atoms with Crippen LogP contribution < -0.4 is 5.43 Å². The van der Waals surface area contributed by atoms with Crippen LogP contribution in [0.5, 0.6) is 0 Å². The highest BCUT2D eigenvalue weighted by molar-refractivity contribution is 5.41. The van der Waals surface area contributed by atoms with Gasteiger partial charge in [-0.1, -0.05) is 43.5 Å². The Morgan fingerprint density at radius 3 is 2.50 bits per heavy atom. The average Bonchev–Trinajstić information content (AvgIpc) is 3.24. The average molecular weight is 409 g/mol. The number of hydrogen-bond acceptors (Lipinski definition) is 5. The van der Waals surface area contributed by atoms with Crippen LogP contribution in [0.4, 0.5) is 0 Å². The molecule has 5 rings (SSSR count). The summed E-state index contributed by atoms with van der Waals surface area (Å²) in [5, 5.41) is 2.51. The van der Waals surface area contributed by atoms with Crippen LogP contribution in [0.1, 0.15) is 50.2 Å². The van der Waals surface area contributed by atoms with Gasteiger partial charge in [-0.25, -0.2) is 5.01 Å². The van der Waals surface area contributed by atoms with Crippen molar-refractivity contribution < 1.29 is 4.74 Å². The third-order valence-electron chi connectivity index (χ3n) is 7.34. The van der Waals surface area contributed by atoms with Crippen LogP contribution in [-0.4, -0.2) is 60.2 Å². The zero-order chi connectivity index (χ0) is 20.3. The van der Waals surface area contributed by atoms with Crippen molar-refractivity contribution in [2.24, 2.45) is 0 Å². The number of nitrogens with zero attached hydrogens (tertiary/aromatic N) is 3. The second-order valence-electron chi connectivity index (χ2n) is 9.25. The molecule has 3 fully saturated rings. The summed E-state index contributed by atoms with van der Waals surface area (Å²) >= 11 is 0. The number of allylic oxidation sites excluding steroid dienone is 1. The highest BCUT2D eigenvalue weighted by atomic mass is 16.5. The van der Waals surface area contributed by atoms with E-state index in [4.69, 9.17) is 4.74 Å². The van der Waals surface area contributed by atoms with Gasteiger partial charge < -0.3 is 15.1 Å². The van der Waals surface area contributed by atoms with Gasteiger partial charge in [0.25, 0.3) is 0 Å². The lowest BCUT2D eigenvalue weighted by Crippen LogP contribution is -2.41. The number of hydrogen-bond donors (Lipinski definition) is 1. The first-order chi connectivity index (χ1) is 14.8. The Kier molecular flexibility index (Phi) is 6.12. The van der Waals surface area contributed by atoms with Crippen molar-refractivity contribution in [3.05, 3.63) is 58.4 Å². The van der Waals surface area contributed by atoms with Gasteiger partial charge in [-0.3, -0.25) is 4.90 Å². The molecular formula is C25H36N4O. The molecule has 2 saturated heterocycles. The first-order valence-electron chi connectivity index (χ1n) is 11.8. The van der Waals surface area contributed by atoms with E-state index in [1.165, 1.54) is 60.2 Å². The highest BCUT2D eigenvalue weighted by Gasteiger charge is 2.32. The summed E-state index contributed by atoms with van der Waals surface area (Å²) in [6, 6.07) is 9.69. The van der Waals surface area contributed by atoms with E-state index in [-0.39, 0.29) is 0 Å². The minimum atomic E-state index is 0.702. The molecule has 0 radical (unpaired) electrons. The normalized spacial score (nSPS) is 24.0. The highest BCUT2D eigenvalue weighted by Crippen LogP contribution is 2.32. The van der Waals surface area contributed by atoms with Crippen molar-refractivity contribution in [2.75, 3.05) is 39.4 Å². The molecule has 0 spiro atoms. The molecule has 1 saturated carbocycles. The fourth-order valence-electron chi connectivity index (χ4n) is 5.39. The fourth-order valence-corrected chi connectivity index (χ4v) is 5.39. The third kappa shape index (κ3) is 4.29. The predicted molar refractivity (Wildman–Crippen MR) is 120 cm³/mol. The lowest BCUT2D eigenvalue weighted by molar-refractivity contribution is 0.0340. The molecule has 0 unspecified atom stereocenters. The van der Waals surface area contributed by atoms with Gasteiger partial charge in [0.05, 0.1) is 18.9 Å². The quantitative estimate of drug-likeness (QED) is 0.804. The largest absolute Gasteiger partial charge is 0.379 e. The maximum absolute atomic E-state index is 5.52. The summed E-state index contributed by atoms with van der Waals surface area (Å²) in [4.78, 5) is 5.08. The Hall–Kier alpha value is -1.82. The van der Waals surface area contributed by atoms with Crippen LogP contribution in [0.15, 0.2) is 47.3 Å². The monoisotopic (exact) mass is 408 g/mol. The number of morpholine rings is 1. The van der Waals surface area contributed by atoms with Gasteiger partial charge in [0.1, 0.15) is 0 Å². The molecular weight excluding hydrogens is 372 g/mol. The fraction of sp³-hybridized carbons (Fsp3) is 0.600. The van der Waals surface area contributed by atoms with Gasteiger partial charge >= 0.3 is 0 Å². The molecule has 4 aliphatic rings. The zero-order valence-corrected chi connectivity index (χ0v) is 18.4. The summed E-state index contributed by atoms with van der Waals surface area (Å²) in [6.07, 6.45) is 9.25. The van der Waals surface area contributed by atoms with Crippen LogP contribution in [0.25, 0.3) is 0 Å². The first-order valence-corrected chi connectivity index (χ1v) is 11.8. The Labute approximate surface area is 181 Å². The Balaban J connectivity index is 1.28.